The molecule has 5 rings (SSSR count). The van der Waals surface area contributed by atoms with E-state index in [1.807, 2.05) is 0 Å². The highest BCUT2D eigenvalue weighted by molar-refractivity contribution is 7.89. The number of alkyl halides is 3. The van der Waals surface area contributed by atoms with Crippen molar-refractivity contribution in [2.24, 2.45) is 5.41 Å². The number of methoxy groups -OCH3 is 1. The third-order valence-corrected chi connectivity index (χ3v) is 9.60. The topological polar surface area (TPSA) is 75.6 Å². The molecule has 7 nitrogen and oxygen atoms in total. The van der Waals surface area contributed by atoms with Gasteiger partial charge in [-0.3, -0.25) is 0 Å². The third kappa shape index (κ3) is 4.94. The molecule has 36 heavy (non-hydrogen) atoms. The average Bonchev–Trinajstić information content (AvgIpc) is 3.30. The van der Waals surface area contributed by atoms with Crippen LogP contribution in [0.2, 0.25) is 0 Å². The molecule has 0 aliphatic carbocycles. The second-order valence-electron chi connectivity index (χ2n) is 9.30. The first kappa shape index (κ1) is 25.0. The Morgan fingerprint density at radius 3 is 2.42 bits per heavy atom. The van der Waals surface area contributed by atoms with Crippen molar-refractivity contribution in [3.8, 4) is 5.75 Å². The Morgan fingerprint density at radius 1 is 1.08 bits per heavy atom. The number of piperidine rings is 1. The SMILES string of the molecule is COc1ccc(S(=O)(=O)N2CCC3(CC2)CN(c2nc(Cc4cccc(C(F)(F)F)c4)ns2)C3)cc1. The van der Waals surface area contributed by atoms with Gasteiger partial charge in [-0.15, -0.1) is 0 Å². The minimum Gasteiger partial charge on any atom is -0.497 e. The third-order valence-electron chi connectivity index (χ3n) is 6.88. The van der Waals surface area contributed by atoms with Gasteiger partial charge in [0.1, 0.15) is 11.6 Å². The van der Waals surface area contributed by atoms with E-state index < -0.39 is 21.8 Å². The molecular formula is C24H25F3N4O3S2. The van der Waals surface area contributed by atoms with Crippen molar-refractivity contribution in [1.29, 1.82) is 0 Å². The van der Waals surface area contributed by atoms with E-state index in [0.717, 1.165) is 43.2 Å². The maximum atomic E-state index is 13.0. The van der Waals surface area contributed by atoms with E-state index in [1.165, 1.54) is 24.7 Å². The van der Waals surface area contributed by atoms with Crippen LogP contribution >= 0.6 is 11.5 Å². The number of anilines is 1. The van der Waals surface area contributed by atoms with Crippen LogP contribution in [0.1, 0.15) is 29.8 Å². The molecule has 1 aromatic heterocycles. The molecular weight excluding hydrogens is 513 g/mol. The highest BCUT2D eigenvalue weighted by Gasteiger charge is 2.47. The summed E-state index contributed by atoms with van der Waals surface area (Å²) < 4.78 is 75.9. The molecule has 1 spiro atoms. The molecule has 0 unspecified atom stereocenters. The lowest BCUT2D eigenvalue weighted by molar-refractivity contribution is -0.137. The van der Waals surface area contributed by atoms with Crippen molar-refractivity contribution in [3.63, 3.8) is 0 Å². The van der Waals surface area contributed by atoms with Gasteiger partial charge in [-0.1, -0.05) is 18.2 Å². The van der Waals surface area contributed by atoms with Crippen LogP contribution in [0.3, 0.4) is 0 Å². The molecule has 192 valence electrons. The summed E-state index contributed by atoms with van der Waals surface area (Å²) in [4.78, 5) is 6.91. The summed E-state index contributed by atoms with van der Waals surface area (Å²) in [6, 6.07) is 11.6. The second kappa shape index (κ2) is 9.31. The molecule has 0 N–H and O–H groups in total. The minimum absolute atomic E-state index is 0.0405. The summed E-state index contributed by atoms with van der Waals surface area (Å²) in [6.45, 7) is 2.45. The fourth-order valence-electron chi connectivity index (χ4n) is 4.80. The van der Waals surface area contributed by atoms with Crippen LogP contribution in [0.4, 0.5) is 18.3 Å². The van der Waals surface area contributed by atoms with E-state index in [4.69, 9.17) is 4.74 Å². The fourth-order valence-corrected chi connectivity index (χ4v) is 6.92. The quantitative estimate of drug-likeness (QED) is 0.462. The smallest absolute Gasteiger partial charge is 0.416 e. The Hall–Kier alpha value is -2.70. The van der Waals surface area contributed by atoms with Gasteiger partial charge in [0.2, 0.25) is 15.2 Å². The number of hydrogen-bond donors (Lipinski definition) is 0. The number of benzene rings is 2. The summed E-state index contributed by atoms with van der Waals surface area (Å²) >= 11 is 1.24. The zero-order chi connectivity index (χ0) is 25.6. The Balaban J connectivity index is 1.17. The normalized spacial score (nSPS) is 18.3. The maximum Gasteiger partial charge on any atom is 0.416 e. The van der Waals surface area contributed by atoms with Gasteiger partial charge in [0.05, 0.1) is 17.6 Å². The maximum absolute atomic E-state index is 13.0. The Labute approximate surface area is 211 Å². The van der Waals surface area contributed by atoms with Crippen LogP contribution in [0.15, 0.2) is 53.4 Å². The first-order chi connectivity index (χ1) is 17.1. The van der Waals surface area contributed by atoms with Gasteiger partial charge in [-0.25, -0.2) is 13.4 Å². The largest absolute Gasteiger partial charge is 0.497 e. The molecule has 2 fully saturated rings. The standard InChI is InChI=1S/C24H25F3N4O3S2/c1-34-19-5-7-20(8-6-19)36(32,33)31-11-9-23(10-12-31)15-30(16-23)22-28-21(29-35-22)14-17-3-2-4-18(13-17)24(25,26)27/h2-8,13H,9-12,14-16H2,1H3. The van der Waals surface area contributed by atoms with E-state index in [9.17, 15) is 21.6 Å². The molecule has 2 aliphatic heterocycles. The lowest BCUT2D eigenvalue weighted by Crippen LogP contribution is -2.61. The first-order valence-electron chi connectivity index (χ1n) is 11.5. The Morgan fingerprint density at radius 2 is 1.78 bits per heavy atom. The first-order valence-corrected chi connectivity index (χ1v) is 13.7. The number of halogens is 3. The Kier molecular flexibility index (Phi) is 6.46. The van der Waals surface area contributed by atoms with Crippen LogP contribution in [-0.4, -0.2) is 55.4 Å². The summed E-state index contributed by atoms with van der Waals surface area (Å²) in [5, 5.41) is 0.746. The van der Waals surface area contributed by atoms with Gasteiger partial charge in [0, 0.05) is 49.5 Å². The highest BCUT2D eigenvalue weighted by Crippen LogP contribution is 2.44. The van der Waals surface area contributed by atoms with Crippen molar-refractivity contribution in [1.82, 2.24) is 13.7 Å². The van der Waals surface area contributed by atoms with E-state index in [0.29, 0.717) is 30.2 Å². The molecule has 3 aromatic rings. The van der Waals surface area contributed by atoms with Gasteiger partial charge < -0.3 is 9.64 Å². The zero-order valence-electron chi connectivity index (χ0n) is 19.5. The van der Waals surface area contributed by atoms with Gasteiger partial charge >= 0.3 is 6.18 Å². The number of nitrogens with zero attached hydrogens (tertiary/aromatic N) is 4. The molecule has 2 saturated heterocycles. The van der Waals surface area contributed by atoms with Crippen molar-refractivity contribution < 1.29 is 26.3 Å². The summed E-state index contributed by atoms with van der Waals surface area (Å²) in [5.41, 5.74) is -0.126. The van der Waals surface area contributed by atoms with E-state index in [1.54, 1.807) is 34.6 Å². The zero-order valence-corrected chi connectivity index (χ0v) is 21.2. The molecule has 0 amide bonds. The number of rotatable bonds is 6. The summed E-state index contributed by atoms with van der Waals surface area (Å²) in [5.74, 6) is 1.10. The second-order valence-corrected chi connectivity index (χ2v) is 12.0. The average molecular weight is 539 g/mol. The molecule has 0 radical (unpaired) electrons. The van der Waals surface area contributed by atoms with E-state index in [2.05, 4.69) is 14.3 Å². The van der Waals surface area contributed by atoms with Crippen LogP contribution in [0.25, 0.3) is 0 Å². The minimum atomic E-state index is -4.38. The van der Waals surface area contributed by atoms with Crippen LogP contribution in [0, 0.1) is 5.41 Å². The van der Waals surface area contributed by atoms with Crippen molar-refractivity contribution in [3.05, 3.63) is 65.5 Å². The van der Waals surface area contributed by atoms with Crippen LogP contribution < -0.4 is 9.64 Å². The lowest BCUT2D eigenvalue weighted by Gasteiger charge is -2.53. The van der Waals surface area contributed by atoms with E-state index >= 15 is 0 Å². The van der Waals surface area contributed by atoms with Gasteiger partial charge in [-0.05, 0) is 48.7 Å². The summed E-state index contributed by atoms with van der Waals surface area (Å²) in [6.07, 6.45) is -2.63. The molecule has 0 bridgehead atoms. The number of aromatic nitrogens is 2. The number of hydrogen-bond acceptors (Lipinski definition) is 7. The highest BCUT2D eigenvalue weighted by atomic mass is 32.2. The molecule has 2 aliphatic rings. The monoisotopic (exact) mass is 538 g/mol. The fraction of sp³-hybridized carbons (Fsp3) is 0.417. The lowest BCUT2D eigenvalue weighted by atomic mass is 9.73. The molecule has 0 atom stereocenters. The molecule has 2 aromatic carbocycles. The summed E-state index contributed by atoms with van der Waals surface area (Å²) in [7, 11) is -2.02. The van der Waals surface area contributed by atoms with Gasteiger partial charge in [-0.2, -0.15) is 21.9 Å². The predicted octanol–water partition coefficient (Wildman–Crippen LogP) is 4.45. The molecule has 3 heterocycles. The molecule has 0 saturated carbocycles. The van der Waals surface area contributed by atoms with Crippen molar-refractivity contribution in [2.75, 3.05) is 38.2 Å². The van der Waals surface area contributed by atoms with E-state index in [-0.39, 0.29) is 16.7 Å². The number of ether oxygens (including phenoxy) is 1. The van der Waals surface area contributed by atoms with Crippen LogP contribution in [-0.2, 0) is 22.6 Å². The van der Waals surface area contributed by atoms with Crippen molar-refractivity contribution in [2.45, 2.75) is 30.3 Å². The van der Waals surface area contributed by atoms with Gasteiger partial charge in [0.25, 0.3) is 0 Å². The van der Waals surface area contributed by atoms with Crippen LogP contribution in [0.5, 0.6) is 5.75 Å². The van der Waals surface area contributed by atoms with Crippen molar-refractivity contribution >= 4 is 26.7 Å². The Bertz CT molecular complexity index is 1330. The predicted molar refractivity (Wildman–Crippen MR) is 130 cm³/mol. The molecule has 12 heteroatoms. The van der Waals surface area contributed by atoms with Gasteiger partial charge in [0.15, 0.2) is 0 Å². The number of sulfonamides is 1.